The fourth-order valence-electron chi connectivity index (χ4n) is 3.46. The van der Waals surface area contributed by atoms with Crippen LogP contribution in [0, 0.1) is 0 Å². The Balaban J connectivity index is 1.48. The molecule has 146 valence electrons. The topological polar surface area (TPSA) is 87.7 Å². The van der Waals surface area contributed by atoms with Crippen LogP contribution in [0.2, 0.25) is 0 Å². The zero-order valence-electron chi connectivity index (χ0n) is 15.9. The highest BCUT2D eigenvalue weighted by molar-refractivity contribution is 5.95. The molecular weight excluding hydrogens is 358 g/mol. The zero-order valence-corrected chi connectivity index (χ0v) is 15.9. The van der Waals surface area contributed by atoms with Gasteiger partial charge in [0.2, 0.25) is 11.9 Å². The van der Waals surface area contributed by atoms with Crippen molar-refractivity contribution in [1.29, 1.82) is 0 Å². The average molecular weight is 381 g/mol. The van der Waals surface area contributed by atoms with Gasteiger partial charge in [-0.25, -0.2) is 9.97 Å². The van der Waals surface area contributed by atoms with Gasteiger partial charge in [-0.15, -0.1) is 0 Å². The fraction of sp³-hybridized carbons (Fsp3) is 0.400. The lowest BCUT2D eigenvalue weighted by Gasteiger charge is -2.30. The van der Waals surface area contributed by atoms with Gasteiger partial charge in [0.05, 0.1) is 25.5 Å². The van der Waals surface area contributed by atoms with Crippen LogP contribution < -0.4 is 10.2 Å². The van der Waals surface area contributed by atoms with Gasteiger partial charge in [0, 0.05) is 44.0 Å². The number of rotatable bonds is 3. The van der Waals surface area contributed by atoms with E-state index in [1.165, 1.54) is 6.92 Å². The minimum atomic E-state index is -0.137. The number of benzene rings is 1. The fourth-order valence-corrected chi connectivity index (χ4v) is 3.46. The molecule has 4 rings (SSSR count). The Morgan fingerprint density at radius 2 is 1.86 bits per heavy atom. The molecule has 0 aliphatic carbocycles. The Hall–Kier alpha value is -3.00. The van der Waals surface area contributed by atoms with Crippen LogP contribution >= 0.6 is 0 Å². The zero-order chi connectivity index (χ0) is 19.5. The third-order valence-corrected chi connectivity index (χ3v) is 4.97. The van der Waals surface area contributed by atoms with Gasteiger partial charge in [-0.05, 0) is 36.2 Å². The Labute approximate surface area is 163 Å². The van der Waals surface area contributed by atoms with Gasteiger partial charge in [-0.1, -0.05) is 0 Å². The number of nitrogens with one attached hydrogen (secondary N) is 1. The van der Waals surface area contributed by atoms with E-state index in [1.807, 2.05) is 11.1 Å². The molecule has 0 bridgehead atoms. The molecule has 2 aliphatic heterocycles. The quantitative estimate of drug-likeness (QED) is 0.866. The summed E-state index contributed by atoms with van der Waals surface area (Å²) in [7, 11) is 0. The van der Waals surface area contributed by atoms with Gasteiger partial charge in [0.25, 0.3) is 5.91 Å². The first-order valence-electron chi connectivity index (χ1n) is 9.44. The van der Waals surface area contributed by atoms with Gasteiger partial charge >= 0.3 is 0 Å². The third kappa shape index (κ3) is 3.96. The first kappa shape index (κ1) is 18.4. The van der Waals surface area contributed by atoms with Crippen molar-refractivity contribution in [1.82, 2.24) is 14.9 Å². The molecule has 3 heterocycles. The van der Waals surface area contributed by atoms with Crippen molar-refractivity contribution < 1.29 is 14.3 Å². The highest BCUT2D eigenvalue weighted by Gasteiger charge is 2.24. The molecule has 1 N–H and O–H groups in total. The third-order valence-electron chi connectivity index (χ3n) is 4.97. The Morgan fingerprint density at radius 1 is 1.11 bits per heavy atom. The predicted molar refractivity (Wildman–Crippen MR) is 104 cm³/mol. The number of ether oxygens (including phenoxy) is 1. The minimum absolute atomic E-state index is 0.0356. The Kier molecular flexibility index (Phi) is 5.21. The molecule has 1 aromatic heterocycles. The van der Waals surface area contributed by atoms with E-state index >= 15 is 0 Å². The minimum Gasteiger partial charge on any atom is -0.378 e. The SMILES string of the molecule is CC(=O)Nc1ccc(C(=O)N2CCc3cnc(N4CCOCC4)nc3C2)cc1. The molecule has 8 heteroatoms. The number of anilines is 2. The number of hydrogen-bond donors (Lipinski definition) is 1. The summed E-state index contributed by atoms with van der Waals surface area (Å²) >= 11 is 0. The normalized spacial score (nSPS) is 16.5. The lowest BCUT2D eigenvalue weighted by Crippen LogP contribution is -2.39. The molecule has 2 aliphatic rings. The summed E-state index contributed by atoms with van der Waals surface area (Å²) in [5.41, 5.74) is 3.28. The maximum absolute atomic E-state index is 12.9. The summed E-state index contributed by atoms with van der Waals surface area (Å²) in [5.74, 6) is 0.532. The molecule has 8 nitrogen and oxygen atoms in total. The number of fused-ring (bicyclic) bond motifs is 1. The molecule has 1 fully saturated rings. The lowest BCUT2D eigenvalue weighted by molar-refractivity contribution is -0.114. The number of aromatic nitrogens is 2. The standard InChI is InChI=1S/C20H23N5O3/c1-14(26)22-17-4-2-15(3-5-17)19(27)25-7-6-16-12-21-20(23-18(16)13-25)24-8-10-28-11-9-24/h2-5,12H,6-11,13H2,1H3,(H,22,26). The first-order valence-corrected chi connectivity index (χ1v) is 9.44. The molecule has 1 saturated heterocycles. The van der Waals surface area contributed by atoms with Gasteiger partial charge in [-0.3, -0.25) is 9.59 Å². The summed E-state index contributed by atoms with van der Waals surface area (Å²) in [6.45, 7) is 5.49. The number of amides is 2. The molecule has 0 saturated carbocycles. The van der Waals surface area contributed by atoms with Crippen molar-refractivity contribution in [2.45, 2.75) is 19.9 Å². The number of nitrogens with zero attached hydrogens (tertiary/aromatic N) is 4. The second-order valence-corrected chi connectivity index (χ2v) is 6.98. The molecule has 0 atom stereocenters. The molecule has 0 spiro atoms. The highest BCUT2D eigenvalue weighted by atomic mass is 16.5. The molecule has 1 aromatic carbocycles. The maximum atomic E-state index is 12.9. The van der Waals surface area contributed by atoms with E-state index in [-0.39, 0.29) is 11.8 Å². The maximum Gasteiger partial charge on any atom is 0.254 e. The van der Waals surface area contributed by atoms with Gasteiger partial charge < -0.3 is 19.9 Å². The number of carbonyl (C=O) groups is 2. The smallest absolute Gasteiger partial charge is 0.254 e. The summed E-state index contributed by atoms with van der Waals surface area (Å²) in [4.78, 5) is 37.2. The van der Waals surface area contributed by atoms with Crippen molar-refractivity contribution in [3.8, 4) is 0 Å². The van der Waals surface area contributed by atoms with Crippen molar-refractivity contribution in [2.24, 2.45) is 0 Å². The van der Waals surface area contributed by atoms with Crippen molar-refractivity contribution in [3.63, 3.8) is 0 Å². The number of morpholine rings is 1. The van der Waals surface area contributed by atoms with E-state index in [0.29, 0.717) is 43.5 Å². The summed E-state index contributed by atoms with van der Waals surface area (Å²) < 4.78 is 5.39. The molecule has 0 unspecified atom stereocenters. The van der Waals surface area contributed by atoms with Crippen LogP contribution in [0.15, 0.2) is 30.5 Å². The van der Waals surface area contributed by atoms with Crippen LogP contribution in [0.3, 0.4) is 0 Å². The van der Waals surface area contributed by atoms with Crippen LogP contribution in [0.5, 0.6) is 0 Å². The van der Waals surface area contributed by atoms with E-state index in [1.54, 1.807) is 24.3 Å². The predicted octanol–water partition coefficient (Wildman–Crippen LogP) is 1.47. The number of hydrogen-bond acceptors (Lipinski definition) is 6. The van der Waals surface area contributed by atoms with Gasteiger partial charge in [0.1, 0.15) is 0 Å². The largest absolute Gasteiger partial charge is 0.378 e. The lowest BCUT2D eigenvalue weighted by atomic mass is 10.1. The average Bonchev–Trinajstić information content (AvgIpc) is 2.73. The summed E-state index contributed by atoms with van der Waals surface area (Å²) in [6, 6.07) is 6.96. The Morgan fingerprint density at radius 3 is 2.57 bits per heavy atom. The van der Waals surface area contributed by atoms with Crippen LogP contribution in [-0.2, 0) is 22.5 Å². The molecule has 2 aromatic rings. The van der Waals surface area contributed by atoms with E-state index in [0.717, 1.165) is 30.8 Å². The molecule has 28 heavy (non-hydrogen) atoms. The van der Waals surface area contributed by atoms with Crippen molar-refractivity contribution in [2.75, 3.05) is 43.1 Å². The molecule has 2 amide bonds. The highest BCUT2D eigenvalue weighted by Crippen LogP contribution is 2.22. The van der Waals surface area contributed by atoms with Crippen molar-refractivity contribution >= 4 is 23.5 Å². The van der Waals surface area contributed by atoms with E-state index in [2.05, 4.69) is 15.2 Å². The number of carbonyl (C=O) groups excluding carboxylic acids is 2. The van der Waals surface area contributed by atoms with Crippen LogP contribution in [0.4, 0.5) is 11.6 Å². The van der Waals surface area contributed by atoms with E-state index in [9.17, 15) is 9.59 Å². The van der Waals surface area contributed by atoms with Crippen LogP contribution in [-0.4, -0.2) is 59.5 Å². The second-order valence-electron chi connectivity index (χ2n) is 6.98. The summed E-state index contributed by atoms with van der Waals surface area (Å²) in [6.07, 6.45) is 2.63. The van der Waals surface area contributed by atoms with E-state index < -0.39 is 0 Å². The molecular formula is C20H23N5O3. The second kappa shape index (κ2) is 7.93. The van der Waals surface area contributed by atoms with Crippen molar-refractivity contribution in [3.05, 3.63) is 47.3 Å². The van der Waals surface area contributed by atoms with E-state index in [4.69, 9.17) is 9.72 Å². The van der Waals surface area contributed by atoms with Gasteiger partial charge in [0.15, 0.2) is 0 Å². The van der Waals surface area contributed by atoms with Crippen LogP contribution in [0.1, 0.15) is 28.5 Å². The monoisotopic (exact) mass is 381 g/mol. The molecule has 0 radical (unpaired) electrons. The first-order chi connectivity index (χ1) is 13.6. The van der Waals surface area contributed by atoms with Gasteiger partial charge in [-0.2, -0.15) is 0 Å². The summed E-state index contributed by atoms with van der Waals surface area (Å²) in [5, 5.41) is 2.71. The van der Waals surface area contributed by atoms with Crippen LogP contribution in [0.25, 0.3) is 0 Å². The Bertz CT molecular complexity index is 878.